The van der Waals surface area contributed by atoms with E-state index in [0.29, 0.717) is 44.7 Å². The van der Waals surface area contributed by atoms with Crippen molar-refractivity contribution in [3.05, 3.63) is 36.4 Å². The van der Waals surface area contributed by atoms with Crippen molar-refractivity contribution >= 4 is 17.7 Å². The molecular formula is C21H29N5O2. The summed E-state index contributed by atoms with van der Waals surface area (Å²) < 4.78 is 5.11. The molecule has 1 aliphatic heterocycles. The molecule has 1 N–H and O–H groups in total. The second-order valence-corrected chi connectivity index (χ2v) is 6.93. The number of carbonyl (C=O) groups is 1. The molecule has 3 rings (SSSR count). The third-order valence-electron chi connectivity index (χ3n) is 4.88. The minimum atomic E-state index is -0.242. The minimum absolute atomic E-state index is 0.242. The maximum absolute atomic E-state index is 11.9. The number of nitrogens with zero attached hydrogens (tertiary/aromatic N) is 4. The van der Waals surface area contributed by atoms with Gasteiger partial charge in [0, 0.05) is 43.9 Å². The molecule has 1 aromatic carbocycles. The van der Waals surface area contributed by atoms with Gasteiger partial charge in [0.15, 0.2) is 5.82 Å². The van der Waals surface area contributed by atoms with Crippen molar-refractivity contribution in [3.63, 3.8) is 0 Å². The highest BCUT2D eigenvalue weighted by atomic mass is 16.6. The monoisotopic (exact) mass is 383 g/mol. The van der Waals surface area contributed by atoms with Gasteiger partial charge in [-0.1, -0.05) is 37.3 Å². The summed E-state index contributed by atoms with van der Waals surface area (Å²) in [6.07, 6.45) is 0.770. The summed E-state index contributed by atoms with van der Waals surface area (Å²) in [5.74, 6) is 2.41. The maximum Gasteiger partial charge on any atom is 0.409 e. The van der Waals surface area contributed by atoms with E-state index in [0.717, 1.165) is 23.6 Å². The quantitative estimate of drug-likeness (QED) is 0.821. The molecule has 1 amide bonds. The van der Waals surface area contributed by atoms with Gasteiger partial charge in [0.1, 0.15) is 11.6 Å². The maximum atomic E-state index is 11.9. The molecular weight excluding hydrogens is 354 g/mol. The second-order valence-electron chi connectivity index (χ2n) is 6.93. The summed E-state index contributed by atoms with van der Waals surface area (Å²) in [6, 6.07) is 12.3. The van der Waals surface area contributed by atoms with Gasteiger partial charge in [0.05, 0.1) is 6.61 Å². The number of anilines is 2. The summed E-state index contributed by atoms with van der Waals surface area (Å²) in [5, 5.41) is 3.46. The van der Waals surface area contributed by atoms with Crippen LogP contribution in [0.3, 0.4) is 0 Å². The lowest BCUT2D eigenvalue weighted by molar-refractivity contribution is 0.105. The number of benzene rings is 1. The fourth-order valence-corrected chi connectivity index (χ4v) is 3.07. The molecule has 1 unspecified atom stereocenters. The summed E-state index contributed by atoms with van der Waals surface area (Å²) >= 11 is 0. The molecule has 0 saturated carbocycles. The van der Waals surface area contributed by atoms with E-state index < -0.39 is 0 Å². The van der Waals surface area contributed by atoms with E-state index in [1.54, 1.807) is 4.90 Å². The van der Waals surface area contributed by atoms with Crippen LogP contribution in [0.4, 0.5) is 16.4 Å². The van der Waals surface area contributed by atoms with E-state index in [4.69, 9.17) is 14.7 Å². The standard InChI is InChI=1S/C21H29N5O2/c1-4-16(3)22-18-15-19(24-20(23-18)17-9-7-6-8-10-17)25-11-13-26(14-12-25)21(27)28-5-2/h6-10,15-16H,4-5,11-14H2,1-3H3,(H,22,23,24). The molecule has 1 saturated heterocycles. The highest BCUT2D eigenvalue weighted by Gasteiger charge is 2.23. The largest absolute Gasteiger partial charge is 0.450 e. The molecule has 1 atom stereocenters. The molecule has 2 aromatic rings. The molecule has 1 aliphatic rings. The van der Waals surface area contributed by atoms with Crippen LogP contribution in [-0.4, -0.2) is 59.8 Å². The molecule has 0 aliphatic carbocycles. The molecule has 7 nitrogen and oxygen atoms in total. The lowest BCUT2D eigenvalue weighted by atomic mass is 10.2. The van der Waals surface area contributed by atoms with Crippen molar-refractivity contribution in [3.8, 4) is 11.4 Å². The minimum Gasteiger partial charge on any atom is -0.450 e. The van der Waals surface area contributed by atoms with Crippen molar-refractivity contribution in [1.82, 2.24) is 14.9 Å². The zero-order valence-electron chi connectivity index (χ0n) is 16.9. The summed E-state index contributed by atoms with van der Waals surface area (Å²) in [5.41, 5.74) is 0.988. The number of piperazine rings is 1. The van der Waals surface area contributed by atoms with Crippen molar-refractivity contribution < 1.29 is 9.53 Å². The lowest BCUT2D eigenvalue weighted by Gasteiger charge is -2.35. The predicted molar refractivity (Wildman–Crippen MR) is 112 cm³/mol. The van der Waals surface area contributed by atoms with Crippen molar-refractivity contribution in [2.24, 2.45) is 0 Å². The number of hydrogen-bond acceptors (Lipinski definition) is 6. The SMILES string of the molecule is CCOC(=O)N1CCN(c2cc(NC(C)CC)nc(-c3ccccc3)n2)CC1. The topological polar surface area (TPSA) is 70.6 Å². The van der Waals surface area contributed by atoms with E-state index in [9.17, 15) is 4.79 Å². The van der Waals surface area contributed by atoms with Crippen LogP contribution in [-0.2, 0) is 4.74 Å². The summed E-state index contributed by atoms with van der Waals surface area (Å²) in [6.45, 7) is 9.19. The van der Waals surface area contributed by atoms with Crippen LogP contribution in [0.25, 0.3) is 11.4 Å². The Morgan fingerprint density at radius 2 is 1.86 bits per heavy atom. The summed E-state index contributed by atoms with van der Waals surface area (Å²) in [4.78, 5) is 25.4. The Kier molecular flexibility index (Phi) is 6.68. The molecule has 0 spiro atoms. The van der Waals surface area contributed by atoms with E-state index >= 15 is 0 Å². The zero-order chi connectivity index (χ0) is 19.9. The number of amides is 1. The van der Waals surface area contributed by atoms with E-state index in [1.165, 1.54) is 0 Å². The van der Waals surface area contributed by atoms with E-state index in [-0.39, 0.29) is 6.09 Å². The molecule has 1 fully saturated rings. The Bertz CT molecular complexity index is 776. The number of nitrogens with one attached hydrogen (secondary N) is 1. The Morgan fingerprint density at radius 1 is 1.14 bits per heavy atom. The average Bonchev–Trinajstić information content (AvgIpc) is 2.74. The molecule has 28 heavy (non-hydrogen) atoms. The highest BCUT2D eigenvalue weighted by Crippen LogP contribution is 2.24. The third kappa shape index (κ3) is 4.91. The van der Waals surface area contributed by atoms with Crippen LogP contribution in [0.2, 0.25) is 0 Å². The Morgan fingerprint density at radius 3 is 2.50 bits per heavy atom. The first-order valence-electron chi connectivity index (χ1n) is 9.98. The third-order valence-corrected chi connectivity index (χ3v) is 4.88. The van der Waals surface area contributed by atoms with Gasteiger partial charge in [-0.05, 0) is 20.3 Å². The first-order chi connectivity index (χ1) is 13.6. The van der Waals surface area contributed by atoms with Gasteiger partial charge in [-0.15, -0.1) is 0 Å². The molecule has 150 valence electrons. The fraction of sp³-hybridized carbons (Fsp3) is 0.476. The van der Waals surface area contributed by atoms with Gasteiger partial charge in [-0.25, -0.2) is 14.8 Å². The van der Waals surface area contributed by atoms with Crippen LogP contribution in [0, 0.1) is 0 Å². The lowest BCUT2D eigenvalue weighted by Crippen LogP contribution is -2.49. The van der Waals surface area contributed by atoms with Crippen molar-refractivity contribution in [2.45, 2.75) is 33.2 Å². The smallest absolute Gasteiger partial charge is 0.409 e. The molecule has 1 aromatic heterocycles. The number of hydrogen-bond donors (Lipinski definition) is 1. The van der Waals surface area contributed by atoms with Crippen molar-refractivity contribution in [1.29, 1.82) is 0 Å². The van der Waals surface area contributed by atoms with Crippen LogP contribution < -0.4 is 10.2 Å². The van der Waals surface area contributed by atoms with Gasteiger partial charge in [-0.2, -0.15) is 0 Å². The van der Waals surface area contributed by atoms with Gasteiger partial charge < -0.3 is 19.9 Å². The van der Waals surface area contributed by atoms with Gasteiger partial charge >= 0.3 is 6.09 Å². The first-order valence-corrected chi connectivity index (χ1v) is 9.98. The van der Waals surface area contributed by atoms with Crippen molar-refractivity contribution in [2.75, 3.05) is 43.0 Å². The number of aromatic nitrogens is 2. The van der Waals surface area contributed by atoms with E-state index in [1.807, 2.05) is 43.3 Å². The van der Waals surface area contributed by atoms with Gasteiger partial charge in [0.25, 0.3) is 0 Å². The zero-order valence-corrected chi connectivity index (χ0v) is 16.9. The van der Waals surface area contributed by atoms with Crippen LogP contribution in [0.15, 0.2) is 36.4 Å². The van der Waals surface area contributed by atoms with E-state index in [2.05, 4.69) is 24.1 Å². The number of ether oxygens (including phenoxy) is 1. The molecule has 7 heteroatoms. The number of carbonyl (C=O) groups excluding carboxylic acids is 1. The first kappa shape index (κ1) is 19.9. The number of rotatable bonds is 6. The molecule has 0 radical (unpaired) electrons. The highest BCUT2D eigenvalue weighted by molar-refractivity contribution is 5.68. The van der Waals surface area contributed by atoms with Gasteiger partial charge in [-0.3, -0.25) is 0 Å². The van der Waals surface area contributed by atoms with Crippen LogP contribution >= 0.6 is 0 Å². The van der Waals surface area contributed by atoms with Gasteiger partial charge in [0.2, 0.25) is 0 Å². The second kappa shape index (κ2) is 9.39. The Balaban J connectivity index is 1.82. The van der Waals surface area contributed by atoms with Crippen LogP contribution in [0.5, 0.6) is 0 Å². The Hall–Kier alpha value is -2.83. The van der Waals surface area contributed by atoms with Crippen LogP contribution in [0.1, 0.15) is 27.2 Å². The normalized spacial score (nSPS) is 15.2. The predicted octanol–water partition coefficient (Wildman–Crippen LogP) is 3.63. The average molecular weight is 383 g/mol. The summed E-state index contributed by atoms with van der Waals surface area (Å²) in [7, 11) is 0. The fourth-order valence-electron chi connectivity index (χ4n) is 3.07. The molecule has 2 heterocycles. The Labute approximate surface area is 166 Å². The molecule has 0 bridgehead atoms.